The highest BCUT2D eigenvalue weighted by Crippen LogP contribution is 2.42. The Morgan fingerprint density at radius 2 is 1.85 bits per heavy atom. The lowest BCUT2D eigenvalue weighted by molar-refractivity contribution is -0.156. The van der Waals surface area contributed by atoms with Crippen molar-refractivity contribution in [3.05, 3.63) is 90.3 Å². The molecule has 0 spiro atoms. The molecule has 2 aromatic carbocycles. The third-order valence-corrected chi connectivity index (χ3v) is 13.4. The quantitative estimate of drug-likeness (QED) is 0.139. The minimum atomic E-state index is -1.90. The zero-order valence-electron chi connectivity index (χ0n) is 39.6. The first-order chi connectivity index (χ1) is 31.4. The second-order valence-corrected chi connectivity index (χ2v) is 19.2. The first-order valence-electron chi connectivity index (χ1n) is 23.1. The first kappa shape index (κ1) is 48.0. The van der Waals surface area contributed by atoms with E-state index >= 15 is 0 Å². The number of amides is 4. The topological polar surface area (TPSA) is 176 Å². The smallest absolute Gasteiger partial charge is 0.324 e. The molecule has 4 aromatic rings. The number of nitrogens with one attached hydrogen (secondary N) is 2. The molecular weight excluding hydrogens is 839 g/mol. The molecule has 15 heteroatoms. The summed E-state index contributed by atoms with van der Waals surface area (Å²) in [5.74, 6) is -3.04. The summed E-state index contributed by atoms with van der Waals surface area (Å²) in [5.41, 5.74) is 8.35. The number of hydrogen-bond donors (Lipinski definition) is 3. The molecule has 66 heavy (non-hydrogen) atoms. The standard InChI is InChI=1S/C51H65N7O8/c1-10-42(59)56-24-21-51(64,29-56)49(63)55(8)44(31(3)4)46(60)53-40-26-33-15-12-16-34(25-33)35-19-20-41-37(27-35)38(45(57(41)11-2)36-17-13-22-52-43(36)32(5)65-9)28-50(6,7)30-66-48(62)39-18-14-23-58(54-39)47(40)61/h10,12-13,15-17,19-20,22,25,27,31-32,39-40,44,54,64H,1,11,14,18,21,23-24,26,28-30H2,2-9H3,(H,53,60)/t32-,39-,40-,44?,51+/m0/s1. The number of aliphatic hydroxyl groups is 1. The number of ether oxygens (including phenoxy) is 2. The van der Waals surface area contributed by atoms with E-state index in [9.17, 15) is 29.1 Å². The highest BCUT2D eigenvalue weighted by atomic mass is 16.5. The van der Waals surface area contributed by atoms with Crippen LogP contribution in [0.5, 0.6) is 0 Å². The Kier molecular flexibility index (Phi) is 14.2. The van der Waals surface area contributed by atoms with Gasteiger partial charge in [0, 0.05) is 74.7 Å². The molecule has 3 aliphatic rings. The van der Waals surface area contributed by atoms with Gasteiger partial charge in [0.25, 0.3) is 11.8 Å². The predicted molar refractivity (Wildman–Crippen MR) is 251 cm³/mol. The van der Waals surface area contributed by atoms with Crippen LogP contribution in [0.25, 0.3) is 33.3 Å². The fourth-order valence-electron chi connectivity index (χ4n) is 9.91. The summed E-state index contributed by atoms with van der Waals surface area (Å²) in [6, 6.07) is 15.4. The van der Waals surface area contributed by atoms with Crippen LogP contribution in [0.1, 0.15) is 83.7 Å². The monoisotopic (exact) mass is 903 g/mol. The van der Waals surface area contributed by atoms with Gasteiger partial charge in [0.05, 0.1) is 30.6 Å². The number of likely N-dealkylation sites (tertiary alicyclic amines) is 1. The van der Waals surface area contributed by atoms with Crippen LogP contribution in [0.4, 0.5) is 0 Å². The second kappa shape index (κ2) is 19.5. The molecule has 3 aliphatic heterocycles. The third-order valence-electron chi connectivity index (χ3n) is 13.4. The van der Waals surface area contributed by atoms with Crippen molar-refractivity contribution < 1.29 is 38.6 Å². The van der Waals surface area contributed by atoms with Gasteiger partial charge in [-0.2, -0.15) is 0 Å². The van der Waals surface area contributed by atoms with Crippen molar-refractivity contribution in [1.82, 2.24) is 35.1 Å². The van der Waals surface area contributed by atoms with Crippen molar-refractivity contribution in [2.24, 2.45) is 11.3 Å². The van der Waals surface area contributed by atoms with Gasteiger partial charge in [-0.1, -0.05) is 64.6 Å². The number of hydrazine groups is 1. The van der Waals surface area contributed by atoms with E-state index in [4.69, 9.17) is 14.5 Å². The first-order valence-corrected chi connectivity index (χ1v) is 23.1. The van der Waals surface area contributed by atoms with Gasteiger partial charge in [-0.05, 0) is 91.6 Å². The summed E-state index contributed by atoms with van der Waals surface area (Å²) in [7, 11) is 3.14. The second-order valence-electron chi connectivity index (χ2n) is 19.2. The van der Waals surface area contributed by atoms with Crippen LogP contribution < -0.4 is 10.7 Å². The lowest BCUT2D eigenvalue weighted by Crippen LogP contribution is -2.63. The molecule has 6 bridgehead atoms. The Hall–Kier alpha value is -5.90. The van der Waals surface area contributed by atoms with Gasteiger partial charge in [-0.25, -0.2) is 5.43 Å². The molecule has 2 aromatic heterocycles. The zero-order chi connectivity index (χ0) is 47.7. The van der Waals surface area contributed by atoms with E-state index < -0.39 is 64.7 Å². The number of fused-ring (bicyclic) bond motifs is 6. The van der Waals surface area contributed by atoms with E-state index in [1.807, 2.05) is 37.3 Å². The number of methoxy groups -OCH3 is 1. The highest BCUT2D eigenvalue weighted by molar-refractivity contribution is 5.97. The molecule has 15 nitrogen and oxygen atoms in total. The van der Waals surface area contributed by atoms with Gasteiger partial charge >= 0.3 is 5.97 Å². The van der Waals surface area contributed by atoms with Gasteiger partial charge in [-0.15, -0.1) is 0 Å². The zero-order valence-corrected chi connectivity index (χ0v) is 39.6. The fourth-order valence-corrected chi connectivity index (χ4v) is 9.91. The van der Waals surface area contributed by atoms with Gasteiger partial charge in [0.1, 0.15) is 18.1 Å². The molecule has 352 valence electrons. The Bertz CT molecular complexity index is 2520. The van der Waals surface area contributed by atoms with E-state index in [0.717, 1.165) is 56.2 Å². The molecule has 0 radical (unpaired) electrons. The van der Waals surface area contributed by atoms with E-state index in [2.05, 4.69) is 66.9 Å². The van der Waals surface area contributed by atoms with Crippen LogP contribution in [0.3, 0.4) is 0 Å². The Morgan fingerprint density at radius 3 is 2.56 bits per heavy atom. The number of hydrogen-bond acceptors (Lipinski definition) is 10. The molecule has 3 N–H and O–H groups in total. The average Bonchev–Trinajstić information content (AvgIpc) is 3.86. The number of benzene rings is 2. The average molecular weight is 904 g/mol. The number of likely N-dealkylation sites (N-methyl/N-ethyl adjacent to an activating group) is 1. The van der Waals surface area contributed by atoms with E-state index in [1.54, 1.807) is 27.2 Å². The molecule has 5 heterocycles. The van der Waals surface area contributed by atoms with Crippen LogP contribution in [-0.2, 0) is 52.8 Å². The predicted octanol–water partition coefficient (Wildman–Crippen LogP) is 5.38. The number of nitrogens with zero attached hydrogens (tertiary/aromatic N) is 5. The van der Waals surface area contributed by atoms with E-state index in [-0.39, 0.29) is 45.2 Å². The summed E-state index contributed by atoms with van der Waals surface area (Å²) >= 11 is 0. The molecular formula is C51H65N7O8. The minimum absolute atomic E-state index is 0.000308. The lowest BCUT2D eigenvalue weighted by Gasteiger charge is -2.37. The van der Waals surface area contributed by atoms with Crippen LogP contribution in [0, 0.1) is 11.3 Å². The SMILES string of the molecule is C=CC(=O)N1CC[C@](O)(C(=O)N(C)C(C(=O)N[C@H]2Cc3cccc(c3)-c3ccc4c(c3)c(c(-c3cccnc3[C@H](C)OC)n4CC)CC(C)(C)COC(=O)[C@@H]3CCCN(N3)C2=O)C(C)C)C1. The number of pyridine rings is 1. The Labute approximate surface area is 387 Å². The molecule has 0 saturated carbocycles. The Morgan fingerprint density at radius 1 is 1.09 bits per heavy atom. The van der Waals surface area contributed by atoms with Crippen LogP contribution in [0.15, 0.2) is 73.4 Å². The molecule has 2 saturated heterocycles. The molecule has 1 unspecified atom stereocenters. The molecule has 5 atom stereocenters. The Balaban J connectivity index is 1.29. The van der Waals surface area contributed by atoms with Gasteiger partial charge in [0.15, 0.2) is 5.60 Å². The summed E-state index contributed by atoms with van der Waals surface area (Å²) in [6.07, 6.45) is 4.29. The number of cyclic esters (lactones) is 1. The molecule has 4 amide bonds. The summed E-state index contributed by atoms with van der Waals surface area (Å²) < 4.78 is 14.2. The van der Waals surface area contributed by atoms with Crippen molar-refractivity contribution in [2.45, 2.75) is 110 Å². The number of rotatable bonds is 10. The maximum Gasteiger partial charge on any atom is 0.324 e. The molecule has 2 fully saturated rings. The fraction of sp³-hybridized carbons (Fsp3) is 0.490. The number of β-amino-alcohol motifs (C(OH)–C–C–N with tert-alkyl or cyclic N) is 1. The van der Waals surface area contributed by atoms with Gasteiger partial charge < -0.3 is 34.3 Å². The molecule has 7 rings (SSSR count). The molecule has 0 aliphatic carbocycles. The van der Waals surface area contributed by atoms with E-state index in [1.165, 1.54) is 21.9 Å². The normalized spacial score (nSPS) is 22.1. The number of aryl methyl sites for hydroxylation is 1. The van der Waals surface area contributed by atoms with Crippen molar-refractivity contribution in [3.63, 3.8) is 0 Å². The minimum Gasteiger partial charge on any atom is -0.464 e. The number of carbonyl (C=O) groups excluding carboxylic acids is 5. The summed E-state index contributed by atoms with van der Waals surface area (Å²) in [5, 5.41) is 16.9. The van der Waals surface area contributed by atoms with Gasteiger partial charge in [-0.3, -0.25) is 34.0 Å². The van der Waals surface area contributed by atoms with Gasteiger partial charge in [0.2, 0.25) is 11.8 Å². The summed E-state index contributed by atoms with van der Waals surface area (Å²) in [6.45, 7) is 16.4. The van der Waals surface area contributed by atoms with Crippen molar-refractivity contribution in [2.75, 3.05) is 40.4 Å². The number of esters is 1. The van der Waals surface area contributed by atoms with Crippen LogP contribution >= 0.6 is 0 Å². The van der Waals surface area contributed by atoms with Crippen LogP contribution in [0.2, 0.25) is 0 Å². The van der Waals surface area contributed by atoms with E-state index in [0.29, 0.717) is 25.8 Å². The summed E-state index contributed by atoms with van der Waals surface area (Å²) in [4.78, 5) is 76.8. The van der Waals surface area contributed by atoms with Crippen molar-refractivity contribution in [1.29, 1.82) is 0 Å². The lowest BCUT2D eigenvalue weighted by atomic mass is 9.84. The largest absolute Gasteiger partial charge is 0.464 e. The highest BCUT2D eigenvalue weighted by Gasteiger charge is 2.48. The maximum atomic E-state index is 14.7. The third kappa shape index (κ3) is 9.65. The number of carbonyl (C=O) groups is 5. The van der Waals surface area contributed by atoms with Crippen molar-refractivity contribution >= 4 is 40.5 Å². The maximum absolute atomic E-state index is 14.7. The van der Waals surface area contributed by atoms with Crippen LogP contribution in [-0.4, -0.2) is 123 Å². The van der Waals surface area contributed by atoms with Crippen molar-refractivity contribution in [3.8, 4) is 22.4 Å². The number of aromatic nitrogens is 2.